The number of ether oxygens (including phenoxy) is 1. The molecule has 0 aromatic heterocycles. The van der Waals surface area contributed by atoms with Gasteiger partial charge in [0.05, 0.1) is 6.54 Å². The van der Waals surface area contributed by atoms with E-state index in [1.807, 2.05) is 6.92 Å². The second-order valence-electron chi connectivity index (χ2n) is 3.31. The van der Waals surface area contributed by atoms with Crippen molar-refractivity contribution in [2.75, 3.05) is 26.2 Å². The second-order valence-corrected chi connectivity index (χ2v) is 3.31. The number of carbonyl (C=O) groups is 2. The van der Waals surface area contributed by atoms with Gasteiger partial charge in [0.1, 0.15) is 6.61 Å². The Bertz CT molecular complexity index is 276. The SMILES string of the molecule is C=C(CC)C(=O)OCCN1CCNC1=O. The van der Waals surface area contributed by atoms with Crippen molar-refractivity contribution in [3.8, 4) is 0 Å². The molecule has 0 aromatic rings. The minimum atomic E-state index is -0.378. The number of nitrogens with one attached hydrogen (secondary N) is 1. The van der Waals surface area contributed by atoms with Gasteiger partial charge in [-0.05, 0) is 6.42 Å². The molecule has 5 heteroatoms. The van der Waals surface area contributed by atoms with Gasteiger partial charge < -0.3 is 15.0 Å². The maximum absolute atomic E-state index is 11.2. The topological polar surface area (TPSA) is 58.6 Å². The molecular formula is C10H16N2O3. The van der Waals surface area contributed by atoms with E-state index < -0.39 is 0 Å². The third kappa shape index (κ3) is 3.27. The molecule has 1 heterocycles. The summed E-state index contributed by atoms with van der Waals surface area (Å²) in [6.07, 6.45) is 0.586. The Kier molecular flexibility index (Phi) is 4.15. The predicted octanol–water partition coefficient (Wildman–Crippen LogP) is 0.521. The molecule has 0 unspecified atom stereocenters. The molecule has 1 aliphatic rings. The first-order valence-corrected chi connectivity index (χ1v) is 5.02. The Morgan fingerprint density at radius 1 is 1.67 bits per heavy atom. The van der Waals surface area contributed by atoms with Crippen LogP contribution in [0, 0.1) is 0 Å². The van der Waals surface area contributed by atoms with Gasteiger partial charge >= 0.3 is 12.0 Å². The average molecular weight is 212 g/mol. The first-order valence-electron chi connectivity index (χ1n) is 5.02. The summed E-state index contributed by atoms with van der Waals surface area (Å²) < 4.78 is 4.94. The molecule has 1 rings (SSSR count). The Balaban J connectivity index is 2.18. The summed E-state index contributed by atoms with van der Waals surface area (Å²) in [5, 5.41) is 2.67. The van der Waals surface area contributed by atoms with Crippen molar-refractivity contribution in [3.63, 3.8) is 0 Å². The summed E-state index contributed by atoms with van der Waals surface area (Å²) in [5.41, 5.74) is 0.459. The lowest BCUT2D eigenvalue weighted by molar-refractivity contribution is -0.139. The van der Waals surface area contributed by atoms with Crippen LogP contribution in [0.1, 0.15) is 13.3 Å². The first-order chi connectivity index (χ1) is 7.15. The van der Waals surface area contributed by atoms with E-state index in [1.54, 1.807) is 4.90 Å². The van der Waals surface area contributed by atoms with Crippen LogP contribution in [0.3, 0.4) is 0 Å². The number of rotatable bonds is 5. The molecule has 0 bridgehead atoms. The zero-order chi connectivity index (χ0) is 11.3. The fourth-order valence-electron chi connectivity index (χ4n) is 1.22. The molecule has 1 saturated heterocycles. The molecular weight excluding hydrogens is 196 g/mol. The van der Waals surface area contributed by atoms with Gasteiger partial charge in [-0.3, -0.25) is 0 Å². The maximum atomic E-state index is 11.2. The lowest BCUT2D eigenvalue weighted by Crippen LogP contribution is -2.31. The van der Waals surface area contributed by atoms with Gasteiger partial charge in [-0.1, -0.05) is 13.5 Å². The quantitative estimate of drug-likeness (QED) is 0.534. The molecule has 1 N–H and O–H groups in total. The summed E-state index contributed by atoms with van der Waals surface area (Å²) in [6, 6.07) is -0.0969. The zero-order valence-corrected chi connectivity index (χ0v) is 8.91. The van der Waals surface area contributed by atoms with E-state index >= 15 is 0 Å². The fraction of sp³-hybridized carbons (Fsp3) is 0.600. The van der Waals surface area contributed by atoms with Crippen LogP contribution in [0.25, 0.3) is 0 Å². The van der Waals surface area contributed by atoms with Gasteiger partial charge in [0.25, 0.3) is 0 Å². The molecule has 0 saturated carbocycles. The van der Waals surface area contributed by atoms with Crippen LogP contribution in [-0.4, -0.2) is 43.1 Å². The first kappa shape index (κ1) is 11.6. The molecule has 84 valence electrons. The number of nitrogens with zero attached hydrogens (tertiary/aromatic N) is 1. The Hall–Kier alpha value is -1.52. The highest BCUT2D eigenvalue weighted by Crippen LogP contribution is 2.01. The standard InChI is InChI=1S/C10H16N2O3/c1-3-8(2)9(13)15-7-6-12-5-4-11-10(12)14/h2-7H2,1H3,(H,11,14). The monoisotopic (exact) mass is 212 g/mol. The Morgan fingerprint density at radius 3 is 2.93 bits per heavy atom. The van der Waals surface area contributed by atoms with Crippen LogP contribution in [-0.2, 0) is 9.53 Å². The normalized spacial score (nSPS) is 15.0. The van der Waals surface area contributed by atoms with Crippen molar-refractivity contribution < 1.29 is 14.3 Å². The minimum absolute atomic E-state index is 0.0969. The summed E-state index contributed by atoms with van der Waals surface area (Å²) in [5.74, 6) is -0.378. The van der Waals surface area contributed by atoms with Gasteiger partial charge in [-0.25, -0.2) is 9.59 Å². The highest BCUT2D eigenvalue weighted by Gasteiger charge is 2.19. The highest BCUT2D eigenvalue weighted by molar-refractivity contribution is 5.87. The fourth-order valence-corrected chi connectivity index (χ4v) is 1.22. The van der Waals surface area contributed by atoms with E-state index in [-0.39, 0.29) is 18.6 Å². The number of amides is 2. The Labute approximate surface area is 89.1 Å². The van der Waals surface area contributed by atoms with Gasteiger partial charge in [-0.2, -0.15) is 0 Å². The van der Waals surface area contributed by atoms with Crippen LogP contribution in [0.5, 0.6) is 0 Å². The molecule has 15 heavy (non-hydrogen) atoms. The van der Waals surface area contributed by atoms with E-state index in [4.69, 9.17) is 4.74 Å². The van der Waals surface area contributed by atoms with Crippen LogP contribution in [0.2, 0.25) is 0 Å². The summed E-state index contributed by atoms with van der Waals surface area (Å²) in [6.45, 7) is 7.42. The average Bonchev–Trinajstić information content (AvgIpc) is 2.63. The number of esters is 1. The van der Waals surface area contributed by atoms with Crippen molar-refractivity contribution in [2.45, 2.75) is 13.3 Å². The second kappa shape index (κ2) is 5.38. The van der Waals surface area contributed by atoms with Crippen LogP contribution >= 0.6 is 0 Å². The van der Waals surface area contributed by atoms with Crippen molar-refractivity contribution in [1.29, 1.82) is 0 Å². The van der Waals surface area contributed by atoms with Gasteiger partial charge in [0.15, 0.2) is 0 Å². The summed E-state index contributed by atoms with van der Waals surface area (Å²) >= 11 is 0. The van der Waals surface area contributed by atoms with Crippen molar-refractivity contribution >= 4 is 12.0 Å². The third-order valence-electron chi connectivity index (χ3n) is 2.25. The third-order valence-corrected chi connectivity index (χ3v) is 2.25. The van der Waals surface area contributed by atoms with E-state index in [1.165, 1.54) is 0 Å². The molecule has 5 nitrogen and oxygen atoms in total. The number of hydrogen-bond acceptors (Lipinski definition) is 3. The van der Waals surface area contributed by atoms with Crippen LogP contribution in [0.4, 0.5) is 4.79 Å². The van der Waals surface area contributed by atoms with Gasteiger partial charge in [0, 0.05) is 18.7 Å². The molecule has 0 radical (unpaired) electrons. The van der Waals surface area contributed by atoms with E-state index in [0.29, 0.717) is 31.6 Å². The predicted molar refractivity (Wildman–Crippen MR) is 55.4 cm³/mol. The van der Waals surface area contributed by atoms with Crippen LogP contribution in [0.15, 0.2) is 12.2 Å². The largest absolute Gasteiger partial charge is 0.460 e. The molecule has 0 atom stereocenters. The molecule has 0 spiro atoms. The summed E-state index contributed by atoms with van der Waals surface area (Å²) in [7, 11) is 0. The lowest BCUT2D eigenvalue weighted by atomic mass is 10.2. The number of urea groups is 1. The summed E-state index contributed by atoms with van der Waals surface area (Å²) in [4.78, 5) is 23.9. The molecule has 1 fully saturated rings. The minimum Gasteiger partial charge on any atom is -0.460 e. The molecule has 0 aromatic carbocycles. The maximum Gasteiger partial charge on any atom is 0.333 e. The molecule has 2 amide bonds. The van der Waals surface area contributed by atoms with Gasteiger partial charge in [0.2, 0.25) is 0 Å². The lowest BCUT2D eigenvalue weighted by Gasteiger charge is -2.13. The number of hydrogen-bond donors (Lipinski definition) is 1. The van der Waals surface area contributed by atoms with Crippen LogP contribution < -0.4 is 5.32 Å². The van der Waals surface area contributed by atoms with Crippen molar-refractivity contribution in [3.05, 3.63) is 12.2 Å². The molecule has 0 aliphatic carbocycles. The van der Waals surface area contributed by atoms with E-state index in [2.05, 4.69) is 11.9 Å². The van der Waals surface area contributed by atoms with Crippen molar-refractivity contribution in [2.24, 2.45) is 0 Å². The number of carbonyl (C=O) groups excluding carboxylic acids is 2. The van der Waals surface area contributed by atoms with Gasteiger partial charge in [-0.15, -0.1) is 0 Å². The molecule has 1 aliphatic heterocycles. The zero-order valence-electron chi connectivity index (χ0n) is 8.91. The smallest absolute Gasteiger partial charge is 0.333 e. The van der Waals surface area contributed by atoms with Crippen molar-refractivity contribution in [1.82, 2.24) is 10.2 Å². The van der Waals surface area contributed by atoms with E-state index in [9.17, 15) is 9.59 Å². The van der Waals surface area contributed by atoms with E-state index in [0.717, 1.165) is 0 Å². The highest BCUT2D eigenvalue weighted by atomic mass is 16.5. The Morgan fingerprint density at radius 2 is 2.40 bits per heavy atom.